The molecule has 3 N–H and O–H groups in total. The zero-order chi connectivity index (χ0) is 22.4. The molecular formula is C23H22N4O4. The molecule has 0 saturated carbocycles. The van der Waals surface area contributed by atoms with Crippen LogP contribution in [-0.2, 0) is 25.5 Å². The number of aromatic nitrogens is 1. The van der Waals surface area contributed by atoms with Crippen molar-refractivity contribution in [3.05, 3.63) is 65.9 Å². The minimum atomic E-state index is -1.13. The molecule has 3 aromatic rings. The molecule has 0 spiro atoms. The van der Waals surface area contributed by atoms with E-state index < -0.39 is 24.0 Å². The molecule has 2 amide bonds. The monoisotopic (exact) mass is 418 g/mol. The summed E-state index contributed by atoms with van der Waals surface area (Å²) in [5.41, 5.74) is 2.38. The minimum Gasteiger partial charge on any atom is -0.451 e. The number of rotatable bonds is 7. The number of ether oxygens (including phenoxy) is 1. The van der Waals surface area contributed by atoms with Gasteiger partial charge in [0.25, 0.3) is 5.91 Å². The van der Waals surface area contributed by atoms with Crippen molar-refractivity contribution in [2.75, 3.05) is 5.32 Å². The van der Waals surface area contributed by atoms with Crippen LogP contribution in [0.2, 0.25) is 0 Å². The molecule has 1 aromatic heterocycles. The van der Waals surface area contributed by atoms with Crippen molar-refractivity contribution >= 4 is 34.4 Å². The third-order valence-electron chi connectivity index (χ3n) is 4.73. The highest BCUT2D eigenvalue weighted by molar-refractivity contribution is 5.96. The van der Waals surface area contributed by atoms with Crippen molar-refractivity contribution in [3.63, 3.8) is 0 Å². The Labute approximate surface area is 179 Å². The first-order valence-corrected chi connectivity index (χ1v) is 9.71. The number of para-hydroxylation sites is 2. The van der Waals surface area contributed by atoms with Crippen LogP contribution in [0, 0.1) is 11.3 Å². The molecule has 31 heavy (non-hydrogen) atoms. The number of carbonyl (C=O) groups excluding carboxylic acids is 3. The van der Waals surface area contributed by atoms with Gasteiger partial charge in [-0.15, -0.1) is 0 Å². The van der Waals surface area contributed by atoms with Crippen LogP contribution >= 0.6 is 0 Å². The lowest BCUT2D eigenvalue weighted by molar-refractivity contribution is -0.156. The number of H-pyrrole nitrogens is 1. The molecule has 0 fully saturated rings. The van der Waals surface area contributed by atoms with Crippen LogP contribution in [0.5, 0.6) is 0 Å². The number of hydrogen-bond acceptors (Lipinski definition) is 5. The third kappa shape index (κ3) is 5.28. The van der Waals surface area contributed by atoms with Crippen LogP contribution in [0.25, 0.3) is 10.9 Å². The topological polar surface area (TPSA) is 124 Å². The fourth-order valence-corrected chi connectivity index (χ4v) is 3.19. The standard InChI is InChI=1S/C23H22N4O4/c1-14(22(29)27-19-9-5-3-7-16(19)12-24)31-23(30)21(26-15(2)28)11-17-13-25-20-10-6-4-8-18(17)20/h3-10,13-14,21,25H,11H2,1-2H3,(H,26,28)(H,27,29)/t14-,21+/m1/s1. The summed E-state index contributed by atoms with van der Waals surface area (Å²) >= 11 is 0. The first kappa shape index (κ1) is 21.6. The largest absolute Gasteiger partial charge is 0.451 e. The summed E-state index contributed by atoms with van der Waals surface area (Å²) in [4.78, 5) is 40.0. The van der Waals surface area contributed by atoms with Crippen molar-refractivity contribution in [3.8, 4) is 6.07 Å². The van der Waals surface area contributed by atoms with E-state index in [2.05, 4.69) is 15.6 Å². The molecule has 0 saturated heterocycles. The average molecular weight is 418 g/mol. The summed E-state index contributed by atoms with van der Waals surface area (Å²) < 4.78 is 5.32. The number of carbonyl (C=O) groups is 3. The lowest BCUT2D eigenvalue weighted by Crippen LogP contribution is -2.44. The van der Waals surface area contributed by atoms with E-state index in [1.54, 1.807) is 30.5 Å². The second-order valence-electron chi connectivity index (χ2n) is 7.04. The molecule has 8 nitrogen and oxygen atoms in total. The highest BCUT2D eigenvalue weighted by atomic mass is 16.5. The number of esters is 1. The Bertz CT molecular complexity index is 1160. The maximum Gasteiger partial charge on any atom is 0.329 e. The molecule has 0 aliphatic heterocycles. The Morgan fingerprint density at radius 2 is 1.84 bits per heavy atom. The molecular weight excluding hydrogens is 396 g/mol. The fraction of sp³-hybridized carbons (Fsp3) is 0.217. The molecule has 3 rings (SSSR count). The van der Waals surface area contributed by atoms with E-state index in [0.29, 0.717) is 11.3 Å². The molecule has 0 bridgehead atoms. The molecule has 0 aliphatic carbocycles. The van der Waals surface area contributed by atoms with Gasteiger partial charge in [-0.2, -0.15) is 5.26 Å². The number of nitrogens with one attached hydrogen (secondary N) is 3. The predicted molar refractivity (Wildman–Crippen MR) is 115 cm³/mol. The molecule has 2 aromatic carbocycles. The van der Waals surface area contributed by atoms with Crippen LogP contribution < -0.4 is 10.6 Å². The van der Waals surface area contributed by atoms with Gasteiger partial charge in [0.15, 0.2) is 6.10 Å². The van der Waals surface area contributed by atoms with Crippen molar-refractivity contribution in [1.82, 2.24) is 10.3 Å². The van der Waals surface area contributed by atoms with E-state index in [-0.39, 0.29) is 12.3 Å². The second kappa shape index (κ2) is 9.59. The molecule has 0 unspecified atom stereocenters. The van der Waals surface area contributed by atoms with E-state index >= 15 is 0 Å². The quantitative estimate of drug-likeness (QED) is 0.509. The summed E-state index contributed by atoms with van der Waals surface area (Å²) in [6, 6.07) is 15.2. The molecule has 1 heterocycles. The lowest BCUT2D eigenvalue weighted by Gasteiger charge is -2.20. The van der Waals surface area contributed by atoms with Gasteiger partial charge in [0.05, 0.1) is 11.3 Å². The summed E-state index contributed by atoms with van der Waals surface area (Å²) in [5.74, 6) is -1.69. The summed E-state index contributed by atoms with van der Waals surface area (Å²) in [7, 11) is 0. The van der Waals surface area contributed by atoms with Gasteiger partial charge in [-0.1, -0.05) is 30.3 Å². The maximum atomic E-state index is 12.8. The summed E-state index contributed by atoms with van der Waals surface area (Å²) in [5, 5.41) is 15.3. The molecule has 8 heteroatoms. The van der Waals surface area contributed by atoms with Gasteiger partial charge in [0, 0.05) is 30.4 Å². The Morgan fingerprint density at radius 3 is 2.58 bits per heavy atom. The number of hydrogen-bond donors (Lipinski definition) is 3. The predicted octanol–water partition coefficient (Wildman–Crippen LogP) is 2.66. The Hall–Kier alpha value is -4.12. The van der Waals surface area contributed by atoms with Gasteiger partial charge in [0.1, 0.15) is 12.1 Å². The number of fused-ring (bicyclic) bond motifs is 1. The number of anilines is 1. The van der Waals surface area contributed by atoms with E-state index in [1.165, 1.54) is 13.8 Å². The summed E-state index contributed by atoms with van der Waals surface area (Å²) in [6.45, 7) is 2.74. The van der Waals surface area contributed by atoms with E-state index in [9.17, 15) is 14.4 Å². The number of aromatic amines is 1. The molecule has 0 aliphatic rings. The van der Waals surface area contributed by atoms with E-state index in [1.807, 2.05) is 30.3 Å². The lowest BCUT2D eigenvalue weighted by atomic mass is 10.0. The van der Waals surface area contributed by atoms with Crippen LogP contribution in [-0.4, -0.2) is 34.9 Å². The SMILES string of the molecule is CC(=O)N[C@@H](Cc1c[nH]c2ccccc12)C(=O)O[C@H](C)C(=O)Nc1ccccc1C#N. The van der Waals surface area contributed by atoms with Crippen LogP contribution in [0.15, 0.2) is 54.7 Å². The normalized spacial score (nSPS) is 12.4. The average Bonchev–Trinajstić information content (AvgIpc) is 3.16. The number of nitriles is 1. The van der Waals surface area contributed by atoms with Crippen LogP contribution in [0.3, 0.4) is 0 Å². The van der Waals surface area contributed by atoms with Gasteiger partial charge >= 0.3 is 5.97 Å². The highest BCUT2D eigenvalue weighted by Gasteiger charge is 2.27. The molecule has 0 radical (unpaired) electrons. The van der Waals surface area contributed by atoms with Crippen molar-refractivity contribution in [2.45, 2.75) is 32.4 Å². The fourth-order valence-electron chi connectivity index (χ4n) is 3.19. The summed E-state index contributed by atoms with van der Waals surface area (Å²) in [6.07, 6.45) is 0.855. The zero-order valence-electron chi connectivity index (χ0n) is 17.1. The van der Waals surface area contributed by atoms with E-state index in [4.69, 9.17) is 10.00 Å². The highest BCUT2D eigenvalue weighted by Crippen LogP contribution is 2.20. The van der Waals surface area contributed by atoms with Crippen molar-refractivity contribution < 1.29 is 19.1 Å². The van der Waals surface area contributed by atoms with Gasteiger partial charge < -0.3 is 20.4 Å². The van der Waals surface area contributed by atoms with Gasteiger partial charge in [-0.05, 0) is 30.7 Å². The van der Waals surface area contributed by atoms with Crippen molar-refractivity contribution in [2.24, 2.45) is 0 Å². The maximum absolute atomic E-state index is 12.8. The van der Waals surface area contributed by atoms with Crippen LogP contribution in [0.1, 0.15) is 25.0 Å². The Balaban J connectivity index is 1.70. The Morgan fingerprint density at radius 1 is 1.13 bits per heavy atom. The minimum absolute atomic E-state index is 0.202. The number of nitrogens with zero attached hydrogens (tertiary/aromatic N) is 1. The number of benzene rings is 2. The second-order valence-corrected chi connectivity index (χ2v) is 7.04. The zero-order valence-corrected chi connectivity index (χ0v) is 17.1. The first-order chi connectivity index (χ1) is 14.9. The smallest absolute Gasteiger partial charge is 0.329 e. The van der Waals surface area contributed by atoms with Gasteiger partial charge in [-0.3, -0.25) is 9.59 Å². The van der Waals surface area contributed by atoms with Gasteiger partial charge in [0.2, 0.25) is 5.91 Å². The van der Waals surface area contributed by atoms with Crippen molar-refractivity contribution in [1.29, 1.82) is 5.26 Å². The van der Waals surface area contributed by atoms with Gasteiger partial charge in [-0.25, -0.2) is 4.79 Å². The van der Waals surface area contributed by atoms with E-state index in [0.717, 1.165) is 16.5 Å². The Kier molecular flexibility index (Phi) is 6.67. The first-order valence-electron chi connectivity index (χ1n) is 9.71. The molecule has 158 valence electrons. The van der Waals surface area contributed by atoms with Crippen LogP contribution in [0.4, 0.5) is 5.69 Å². The third-order valence-corrected chi connectivity index (χ3v) is 4.73. The molecule has 2 atom stereocenters. The number of amides is 2.